The molecule has 1 atom stereocenters. The van der Waals surface area contributed by atoms with Crippen molar-refractivity contribution in [3.05, 3.63) is 48.6 Å². The topological polar surface area (TPSA) is 72.8 Å². The van der Waals surface area contributed by atoms with Crippen LogP contribution in [-0.2, 0) is 19.1 Å². The lowest BCUT2D eigenvalue weighted by atomic mass is 10.0. The van der Waals surface area contributed by atoms with E-state index in [0.717, 1.165) is 57.8 Å². The predicted molar refractivity (Wildman–Crippen MR) is 362 cm³/mol. The first-order valence-electron chi connectivity index (χ1n) is 37.2. The second-order valence-electron chi connectivity index (χ2n) is 25.4. The Morgan fingerprint density at radius 1 is 0.293 bits per heavy atom. The van der Waals surface area contributed by atoms with E-state index in [2.05, 4.69) is 62.5 Å². The second-order valence-corrected chi connectivity index (χ2v) is 25.4. The van der Waals surface area contributed by atoms with Crippen LogP contribution in [0.15, 0.2) is 48.6 Å². The first-order chi connectivity index (χ1) is 40.6. The molecule has 0 radical (unpaired) electrons. The van der Waals surface area contributed by atoms with Gasteiger partial charge in [0, 0.05) is 12.8 Å². The van der Waals surface area contributed by atoms with Gasteiger partial charge in [-0.3, -0.25) is 9.59 Å². The van der Waals surface area contributed by atoms with Crippen molar-refractivity contribution in [1.29, 1.82) is 0 Å². The van der Waals surface area contributed by atoms with Gasteiger partial charge in [-0.05, 0) is 51.4 Å². The summed E-state index contributed by atoms with van der Waals surface area (Å²) in [4.78, 5) is 24.7. The van der Waals surface area contributed by atoms with Gasteiger partial charge in [0.25, 0.3) is 0 Å². The Labute approximate surface area is 513 Å². The van der Waals surface area contributed by atoms with Crippen LogP contribution in [-0.4, -0.2) is 36.4 Å². The third-order valence-corrected chi connectivity index (χ3v) is 17.1. The van der Waals surface area contributed by atoms with Gasteiger partial charge in [0.2, 0.25) is 0 Å². The van der Waals surface area contributed by atoms with Crippen LogP contribution in [0.25, 0.3) is 0 Å². The Morgan fingerprint density at radius 3 is 0.793 bits per heavy atom. The molecule has 5 nitrogen and oxygen atoms in total. The summed E-state index contributed by atoms with van der Waals surface area (Å²) in [6.45, 7) is 4.10. The highest BCUT2D eigenvalue weighted by molar-refractivity contribution is 5.70. The van der Waals surface area contributed by atoms with Gasteiger partial charge in [-0.15, -0.1) is 0 Å². The van der Waals surface area contributed by atoms with Crippen LogP contribution in [0.5, 0.6) is 0 Å². The molecule has 482 valence electrons. The zero-order valence-corrected chi connectivity index (χ0v) is 55.5. The van der Waals surface area contributed by atoms with Crippen LogP contribution in [0.3, 0.4) is 0 Å². The minimum absolute atomic E-state index is 0.0583. The van der Waals surface area contributed by atoms with Crippen LogP contribution >= 0.6 is 0 Å². The van der Waals surface area contributed by atoms with E-state index in [0.29, 0.717) is 12.8 Å². The van der Waals surface area contributed by atoms with Crippen LogP contribution < -0.4 is 0 Å². The summed E-state index contributed by atoms with van der Waals surface area (Å²) in [6, 6.07) is 0. The number of aliphatic hydroxyl groups is 1. The highest BCUT2D eigenvalue weighted by Crippen LogP contribution is 2.20. The van der Waals surface area contributed by atoms with Gasteiger partial charge in [-0.1, -0.05) is 396 Å². The van der Waals surface area contributed by atoms with Crippen molar-refractivity contribution in [2.24, 2.45) is 0 Å². The first kappa shape index (κ1) is 79.9. The third kappa shape index (κ3) is 70.3. The maximum absolute atomic E-state index is 12.4. The summed E-state index contributed by atoms with van der Waals surface area (Å²) < 4.78 is 10.8. The molecule has 5 heteroatoms. The van der Waals surface area contributed by atoms with Crippen LogP contribution in [0, 0.1) is 0 Å². The van der Waals surface area contributed by atoms with E-state index >= 15 is 0 Å². The van der Waals surface area contributed by atoms with Crippen molar-refractivity contribution in [3.63, 3.8) is 0 Å². The third-order valence-electron chi connectivity index (χ3n) is 17.1. The fourth-order valence-electron chi connectivity index (χ4n) is 11.6. The van der Waals surface area contributed by atoms with E-state index in [1.165, 1.54) is 327 Å². The highest BCUT2D eigenvalue weighted by Gasteiger charge is 2.16. The van der Waals surface area contributed by atoms with Crippen molar-refractivity contribution < 1.29 is 24.2 Å². The van der Waals surface area contributed by atoms with E-state index in [4.69, 9.17) is 9.47 Å². The Kier molecular flexibility index (Phi) is 71.2. The SMILES string of the molecule is CC/C=C\C/C=C\C/C=C\C/C=C\CCCCCCCCCCCCCCCCCCCCCCCCCCC(=O)OC(CO)COC(=O)CCCCCCCCCCCCCCCCCCCCCCCCCCCCCCCCC. The smallest absolute Gasteiger partial charge is 0.306 e. The molecule has 0 aromatic rings. The quantitative estimate of drug-likeness (QED) is 0.0373. The number of unbranched alkanes of at least 4 members (excludes halogenated alkanes) is 54. The van der Waals surface area contributed by atoms with E-state index < -0.39 is 6.10 Å². The summed E-state index contributed by atoms with van der Waals surface area (Å²) >= 11 is 0. The molecule has 0 amide bonds. The maximum Gasteiger partial charge on any atom is 0.306 e. The largest absolute Gasteiger partial charge is 0.462 e. The second kappa shape index (κ2) is 73.1. The normalized spacial score (nSPS) is 12.4. The number of ether oxygens (including phenoxy) is 2. The summed E-state index contributed by atoms with van der Waals surface area (Å²) in [6.07, 6.45) is 99.0. The predicted octanol–water partition coefficient (Wildman–Crippen LogP) is 25.9. The molecule has 0 spiro atoms. The molecule has 0 aromatic heterocycles. The molecule has 0 saturated carbocycles. The zero-order valence-electron chi connectivity index (χ0n) is 55.5. The number of rotatable bonds is 70. The molecular weight excluding hydrogens is 1000 g/mol. The Morgan fingerprint density at radius 2 is 0.524 bits per heavy atom. The fraction of sp³-hybridized carbons (Fsp3) is 0.870. The monoisotopic (exact) mass is 1150 g/mol. The van der Waals surface area contributed by atoms with Crippen molar-refractivity contribution in [2.45, 2.75) is 418 Å². The molecule has 1 N–H and O–H groups in total. The zero-order chi connectivity index (χ0) is 59.1. The Hall–Kier alpha value is -2.14. The fourth-order valence-corrected chi connectivity index (χ4v) is 11.6. The molecule has 0 bridgehead atoms. The summed E-state index contributed by atoms with van der Waals surface area (Å²) in [5.41, 5.74) is 0. The Bertz CT molecular complexity index is 1350. The molecule has 0 fully saturated rings. The average Bonchev–Trinajstić information content (AvgIpc) is 3.49. The molecule has 0 saturated heterocycles. The summed E-state index contributed by atoms with van der Waals surface area (Å²) in [5.74, 6) is -0.563. The minimum atomic E-state index is -0.769. The number of hydrogen-bond donors (Lipinski definition) is 1. The van der Waals surface area contributed by atoms with Gasteiger partial charge < -0.3 is 14.6 Å². The van der Waals surface area contributed by atoms with Crippen molar-refractivity contribution >= 4 is 11.9 Å². The number of hydrogen-bond acceptors (Lipinski definition) is 5. The molecular formula is C77H144O5. The van der Waals surface area contributed by atoms with Gasteiger partial charge in [-0.2, -0.15) is 0 Å². The lowest BCUT2D eigenvalue weighted by Gasteiger charge is -2.15. The van der Waals surface area contributed by atoms with E-state index in [9.17, 15) is 14.7 Å². The van der Waals surface area contributed by atoms with Crippen molar-refractivity contribution in [1.82, 2.24) is 0 Å². The molecule has 0 heterocycles. The lowest BCUT2D eigenvalue weighted by molar-refractivity contribution is -0.161. The van der Waals surface area contributed by atoms with Gasteiger partial charge in [0.15, 0.2) is 6.10 Å². The van der Waals surface area contributed by atoms with Gasteiger partial charge in [0.05, 0.1) is 6.61 Å². The van der Waals surface area contributed by atoms with Gasteiger partial charge in [-0.25, -0.2) is 0 Å². The maximum atomic E-state index is 12.4. The lowest BCUT2D eigenvalue weighted by Crippen LogP contribution is -2.28. The van der Waals surface area contributed by atoms with Crippen molar-refractivity contribution in [2.75, 3.05) is 13.2 Å². The molecule has 0 aliphatic rings. The number of aliphatic hydroxyl groups excluding tert-OH is 1. The number of allylic oxidation sites excluding steroid dienone is 8. The highest BCUT2D eigenvalue weighted by atomic mass is 16.6. The number of esters is 2. The van der Waals surface area contributed by atoms with Crippen molar-refractivity contribution in [3.8, 4) is 0 Å². The molecule has 0 aliphatic heterocycles. The van der Waals surface area contributed by atoms with Gasteiger partial charge >= 0.3 is 11.9 Å². The summed E-state index contributed by atoms with van der Waals surface area (Å²) in [7, 11) is 0. The summed E-state index contributed by atoms with van der Waals surface area (Å²) in [5, 5.41) is 9.71. The molecule has 0 rings (SSSR count). The molecule has 1 unspecified atom stereocenters. The minimum Gasteiger partial charge on any atom is -0.462 e. The number of carbonyl (C=O) groups excluding carboxylic acids is 2. The van der Waals surface area contributed by atoms with E-state index in [1.54, 1.807) is 0 Å². The van der Waals surface area contributed by atoms with Gasteiger partial charge in [0.1, 0.15) is 6.61 Å². The van der Waals surface area contributed by atoms with Crippen LogP contribution in [0.4, 0.5) is 0 Å². The average molecular weight is 1150 g/mol. The van der Waals surface area contributed by atoms with Crippen LogP contribution in [0.2, 0.25) is 0 Å². The Balaban J connectivity index is 3.37. The van der Waals surface area contributed by atoms with Crippen LogP contribution in [0.1, 0.15) is 412 Å². The molecule has 82 heavy (non-hydrogen) atoms. The van der Waals surface area contributed by atoms with E-state index in [-0.39, 0.29) is 25.2 Å². The molecule has 0 aliphatic carbocycles. The first-order valence-corrected chi connectivity index (χ1v) is 37.2. The van der Waals surface area contributed by atoms with E-state index in [1.807, 2.05) is 0 Å². The molecule has 0 aromatic carbocycles. The standard InChI is InChI=1S/C77H144O5/c1-3-5-7-9-11-13-15-17-19-21-23-25-27-29-31-33-35-36-37-38-39-40-42-44-46-48-50-52-54-56-58-60-62-64-66-68-70-72-77(80)82-75(73-78)74-81-76(79)71-69-67-65-63-61-59-57-55-53-51-49-47-45-43-41-34-32-30-28-26-24-22-20-18-16-14-12-10-8-6-4-2/h5,7,11,13,17,19,23,25,75,78H,3-4,6,8-10,12,14-16,18,20-22,24,26-74H2,1-2H3/b7-5-,13-11-,19-17-,25-23-. The number of carbonyl (C=O) groups is 2.